The van der Waals surface area contributed by atoms with E-state index in [0.717, 1.165) is 31.2 Å². The van der Waals surface area contributed by atoms with Crippen LogP contribution in [-0.4, -0.2) is 36.1 Å². The van der Waals surface area contributed by atoms with Gasteiger partial charge in [0.15, 0.2) is 0 Å². The molecule has 2 aliphatic carbocycles. The van der Waals surface area contributed by atoms with Crippen LogP contribution in [-0.2, 0) is 0 Å². The Morgan fingerprint density at radius 2 is 1.71 bits per heavy atom. The quantitative estimate of drug-likeness (QED) is 0.767. The van der Waals surface area contributed by atoms with Gasteiger partial charge in [-0.15, -0.1) is 0 Å². The maximum Gasteiger partial charge on any atom is 0.0635 e. The van der Waals surface area contributed by atoms with E-state index in [4.69, 9.17) is 5.26 Å². The molecule has 0 aliphatic heterocycles. The molecule has 0 radical (unpaired) electrons. The number of hydrogen-bond acceptors (Lipinski definition) is 3. The lowest BCUT2D eigenvalue weighted by Crippen LogP contribution is -2.43. The van der Waals surface area contributed by atoms with Gasteiger partial charge in [0.1, 0.15) is 0 Å². The molecule has 0 atom stereocenters. The second-order valence-corrected chi connectivity index (χ2v) is 5.44. The molecular formula is C14H25N3. The second kappa shape index (κ2) is 6.37. The van der Waals surface area contributed by atoms with E-state index in [0.29, 0.717) is 6.42 Å². The minimum Gasteiger partial charge on any atom is -0.314 e. The van der Waals surface area contributed by atoms with E-state index < -0.39 is 0 Å². The van der Waals surface area contributed by atoms with Gasteiger partial charge in [0.2, 0.25) is 0 Å². The van der Waals surface area contributed by atoms with Crippen molar-refractivity contribution in [1.82, 2.24) is 10.2 Å². The molecule has 0 aromatic rings. The minimum atomic E-state index is 0.698. The van der Waals surface area contributed by atoms with E-state index in [9.17, 15) is 0 Å². The molecule has 0 unspecified atom stereocenters. The summed E-state index contributed by atoms with van der Waals surface area (Å²) in [6, 6.07) is 4.60. The average Bonchev–Trinajstić information content (AvgIpc) is 3.16. The summed E-state index contributed by atoms with van der Waals surface area (Å²) in [5, 5.41) is 12.3. The molecule has 2 saturated carbocycles. The lowest BCUT2D eigenvalue weighted by atomic mass is 9.90. The van der Waals surface area contributed by atoms with Gasteiger partial charge in [-0.25, -0.2) is 0 Å². The van der Waals surface area contributed by atoms with E-state index in [1.54, 1.807) is 0 Å². The maximum absolute atomic E-state index is 8.74. The molecule has 0 heterocycles. The van der Waals surface area contributed by atoms with Crippen molar-refractivity contribution in [3.05, 3.63) is 0 Å². The van der Waals surface area contributed by atoms with Gasteiger partial charge in [0.25, 0.3) is 0 Å². The third-order valence-electron chi connectivity index (χ3n) is 4.16. The molecule has 3 heteroatoms. The Labute approximate surface area is 105 Å². The van der Waals surface area contributed by atoms with E-state index in [1.807, 2.05) is 0 Å². The van der Waals surface area contributed by atoms with Crippen molar-refractivity contribution >= 4 is 0 Å². The lowest BCUT2D eigenvalue weighted by molar-refractivity contribution is 0.138. The Morgan fingerprint density at radius 3 is 2.18 bits per heavy atom. The number of rotatable bonds is 6. The molecule has 2 aliphatic rings. The Hall–Kier alpha value is -0.590. The first-order valence-electron chi connectivity index (χ1n) is 7.21. The molecule has 0 spiro atoms. The Kier molecular flexibility index (Phi) is 4.82. The van der Waals surface area contributed by atoms with Crippen LogP contribution in [0.2, 0.25) is 0 Å². The lowest BCUT2D eigenvalue weighted by Gasteiger charge is -2.37. The Bertz CT molecular complexity index is 259. The zero-order valence-corrected chi connectivity index (χ0v) is 11.0. The van der Waals surface area contributed by atoms with Gasteiger partial charge in [-0.3, -0.25) is 4.90 Å². The van der Waals surface area contributed by atoms with Crippen LogP contribution in [0.25, 0.3) is 0 Å². The number of nitriles is 1. The smallest absolute Gasteiger partial charge is 0.0635 e. The zero-order chi connectivity index (χ0) is 12.1. The molecule has 0 aromatic carbocycles. The summed E-state index contributed by atoms with van der Waals surface area (Å²) in [6.07, 6.45) is 8.68. The highest BCUT2D eigenvalue weighted by Crippen LogP contribution is 2.33. The molecule has 0 bridgehead atoms. The molecule has 96 valence electrons. The summed E-state index contributed by atoms with van der Waals surface area (Å²) in [4.78, 5) is 2.63. The fraction of sp³-hybridized carbons (Fsp3) is 0.929. The molecule has 17 heavy (non-hydrogen) atoms. The zero-order valence-electron chi connectivity index (χ0n) is 11.0. The van der Waals surface area contributed by atoms with E-state index in [-0.39, 0.29) is 0 Å². The largest absolute Gasteiger partial charge is 0.314 e. The van der Waals surface area contributed by atoms with Gasteiger partial charge in [0, 0.05) is 31.1 Å². The Morgan fingerprint density at radius 1 is 1.12 bits per heavy atom. The molecule has 0 saturated heterocycles. The summed E-state index contributed by atoms with van der Waals surface area (Å²) >= 11 is 0. The summed E-state index contributed by atoms with van der Waals surface area (Å²) in [6.45, 7) is 4.28. The van der Waals surface area contributed by atoms with Crippen molar-refractivity contribution < 1.29 is 0 Å². The molecule has 0 amide bonds. The van der Waals surface area contributed by atoms with Crippen LogP contribution in [0.3, 0.4) is 0 Å². The van der Waals surface area contributed by atoms with Gasteiger partial charge < -0.3 is 5.32 Å². The van der Waals surface area contributed by atoms with Crippen molar-refractivity contribution in [2.24, 2.45) is 0 Å². The third kappa shape index (κ3) is 3.69. The summed E-state index contributed by atoms with van der Waals surface area (Å²) in [5.41, 5.74) is 0. The normalized spacial score (nSPS) is 29.2. The van der Waals surface area contributed by atoms with Gasteiger partial charge in [-0.05, 0) is 45.1 Å². The highest BCUT2D eigenvalue weighted by molar-refractivity contribution is 4.92. The van der Waals surface area contributed by atoms with Crippen LogP contribution in [0.1, 0.15) is 51.9 Å². The van der Waals surface area contributed by atoms with Crippen LogP contribution < -0.4 is 5.32 Å². The standard InChI is InChI=1S/C14H25N3/c1-2-16-12-4-6-13(7-5-12)17(11-3-10-15)14-8-9-14/h12-14,16H,2-9,11H2,1H3. The number of hydrogen-bond donors (Lipinski definition) is 1. The molecule has 0 aromatic heterocycles. The molecule has 2 fully saturated rings. The first kappa shape index (κ1) is 12.9. The maximum atomic E-state index is 8.74. The van der Waals surface area contributed by atoms with E-state index >= 15 is 0 Å². The van der Waals surface area contributed by atoms with Crippen molar-refractivity contribution in [2.75, 3.05) is 13.1 Å². The highest BCUT2D eigenvalue weighted by atomic mass is 15.2. The SMILES string of the molecule is CCNC1CCC(N(CCC#N)C2CC2)CC1. The van der Waals surface area contributed by atoms with Gasteiger partial charge in [-0.1, -0.05) is 6.92 Å². The molecule has 3 nitrogen and oxygen atoms in total. The van der Waals surface area contributed by atoms with E-state index in [1.165, 1.54) is 38.5 Å². The van der Waals surface area contributed by atoms with Crippen molar-refractivity contribution in [2.45, 2.75) is 70.0 Å². The summed E-state index contributed by atoms with van der Waals surface area (Å²) < 4.78 is 0. The predicted molar refractivity (Wildman–Crippen MR) is 69.7 cm³/mol. The fourth-order valence-electron chi connectivity index (χ4n) is 3.15. The van der Waals surface area contributed by atoms with Crippen LogP contribution >= 0.6 is 0 Å². The second-order valence-electron chi connectivity index (χ2n) is 5.44. The third-order valence-corrected chi connectivity index (χ3v) is 4.16. The van der Waals surface area contributed by atoms with Gasteiger partial charge >= 0.3 is 0 Å². The molecule has 2 rings (SSSR count). The Balaban J connectivity index is 1.78. The van der Waals surface area contributed by atoms with Crippen LogP contribution in [0.15, 0.2) is 0 Å². The van der Waals surface area contributed by atoms with Crippen LogP contribution in [0, 0.1) is 11.3 Å². The predicted octanol–water partition coefficient (Wildman–Crippen LogP) is 2.29. The average molecular weight is 235 g/mol. The highest BCUT2D eigenvalue weighted by Gasteiger charge is 2.35. The summed E-state index contributed by atoms with van der Waals surface area (Å²) in [5.74, 6) is 0. The van der Waals surface area contributed by atoms with Gasteiger partial charge in [0.05, 0.1) is 6.07 Å². The topological polar surface area (TPSA) is 39.1 Å². The minimum absolute atomic E-state index is 0.698. The van der Waals surface area contributed by atoms with E-state index in [2.05, 4.69) is 23.2 Å². The van der Waals surface area contributed by atoms with Crippen molar-refractivity contribution in [3.63, 3.8) is 0 Å². The van der Waals surface area contributed by atoms with Gasteiger partial charge in [-0.2, -0.15) is 5.26 Å². The van der Waals surface area contributed by atoms with Crippen LogP contribution in [0.5, 0.6) is 0 Å². The molecular weight excluding hydrogens is 210 g/mol. The first-order valence-corrected chi connectivity index (χ1v) is 7.21. The monoisotopic (exact) mass is 235 g/mol. The van der Waals surface area contributed by atoms with Crippen LogP contribution in [0.4, 0.5) is 0 Å². The van der Waals surface area contributed by atoms with Crippen molar-refractivity contribution in [1.29, 1.82) is 5.26 Å². The summed E-state index contributed by atoms with van der Waals surface area (Å²) in [7, 11) is 0. The molecule has 1 N–H and O–H groups in total. The van der Waals surface area contributed by atoms with Crippen molar-refractivity contribution in [3.8, 4) is 6.07 Å². The fourth-order valence-corrected chi connectivity index (χ4v) is 3.15. The number of nitrogens with zero attached hydrogens (tertiary/aromatic N) is 2. The first-order chi connectivity index (χ1) is 8.35. The number of nitrogens with one attached hydrogen (secondary N) is 1.